The number of methoxy groups -OCH3 is 1. The summed E-state index contributed by atoms with van der Waals surface area (Å²) < 4.78 is 27.5. The van der Waals surface area contributed by atoms with Gasteiger partial charge in [-0.2, -0.15) is 5.10 Å². The summed E-state index contributed by atoms with van der Waals surface area (Å²) >= 11 is 0. The number of aromatic nitrogens is 2. The van der Waals surface area contributed by atoms with Crippen molar-refractivity contribution in [1.82, 2.24) is 15.1 Å². The summed E-state index contributed by atoms with van der Waals surface area (Å²) in [6.07, 6.45) is 7.49. The number of nitrogens with zero attached hydrogens (tertiary/aromatic N) is 3. The van der Waals surface area contributed by atoms with Gasteiger partial charge in [0.15, 0.2) is 0 Å². The van der Waals surface area contributed by atoms with Crippen LogP contribution in [-0.2, 0) is 11.2 Å². The molecule has 3 atom stereocenters. The molecule has 7 nitrogen and oxygen atoms in total. The predicted molar refractivity (Wildman–Crippen MR) is 115 cm³/mol. The molecule has 2 aromatic rings. The molecule has 1 saturated heterocycles. The maximum Gasteiger partial charge on any atom is 0.414 e. The van der Waals surface area contributed by atoms with Gasteiger partial charge in [-0.15, -0.1) is 0 Å². The van der Waals surface area contributed by atoms with Gasteiger partial charge in [0.05, 0.1) is 31.1 Å². The summed E-state index contributed by atoms with van der Waals surface area (Å²) in [4.78, 5) is 14.2. The first kappa shape index (κ1) is 20.3. The maximum absolute atomic E-state index is 14.2. The largest absolute Gasteiger partial charge is 0.489 e. The number of benzene rings is 1. The summed E-state index contributed by atoms with van der Waals surface area (Å²) in [5, 5.41) is 7.54. The lowest BCUT2D eigenvalue weighted by Gasteiger charge is -2.37. The molecule has 3 aliphatic rings. The molecule has 5 rings (SSSR count). The van der Waals surface area contributed by atoms with E-state index in [-0.39, 0.29) is 24.3 Å². The highest BCUT2D eigenvalue weighted by Gasteiger charge is 2.34. The number of carbonyl (C=O) groups excluding carboxylic acids is 1. The van der Waals surface area contributed by atoms with Crippen LogP contribution in [-0.4, -0.2) is 54.4 Å². The molecular weight excluding hydrogens is 399 g/mol. The van der Waals surface area contributed by atoms with Gasteiger partial charge in [0.25, 0.3) is 0 Å². The van der Waals surface area contributed by atoms with E-state index in [2.05, 4.69) is 10.4 Å². The molecule has 1 saturated carbocycles. The Morgan fingerprint density at radius 1 is 1.26 bits per heavy atom. The van der Waals surface area contributed by atoms with E-state index >= 15 is 0 Å². The van der Waals surface area contributed by atoms with Crippen molar-refractivity contribution in [3.8, 4) is 16.9 Å². The Hall–Kier alpha value is -2.61. The number of halogens is 1. The molecule has 1 aromatic carbocycles. The van der Waals surface area contributed by atoms with E-state index in [1.54, 1.807) is 15.8 Å². The van der Waals surface area contributed by atoms with E-state index in [9.17, 15) is 9.18 Å². The van der Waals surface area contributed by atoms with Crippen molar-refractivity contribution >= 4 is 11.8 Å². The summed E-state index contributed by atoms with van der Waals surface area (Å²) in [5.74, 6) is 0.823. The fraction of sp³-hybridized carbons (Fsp3) is 0.565. The lowest BCUT2D eigenvalue weighted by molar-refractivity contribution is 0.119. The molecule has 8 heteroatoms. The van der Waals surface area contributed by atoms with Crippen LogP contribution < -0.4 is 15.0 Å². The third kappa shape index (κ3) is 3.56. The van der Waals surface area contributed by atoms with Crippen molar-refractivity contribution in [3.63, 3.8) is 0 Å². The van der Waals surface area contributed by atoms with Crippen LogP contribution in [0, 0.1) is 0 Å². The van der Waals surface area contributed by atoms with Crippen molar-refractivity contribution in [2.45, 2.75) is 63.4 Å². The second-order valence-corrected chi connectivity index (χ2v) is 8.79. The Kier molecular flexibility index (Phi) is 5.33. The average molecular weight is 429 g/mol. The number of rotatable bonds is 4. The van der Waals surface area contributed by atoms with Crippen LogP contribution in [0.25, 0.3) is 11.1 Å². The predicted octanol–water partition coefficient (Wildman–Crippen LogP) is 3.87. The van der Waals surface area contributed by atoms with Crippen molar-refractivity contribution in [1.29, 1.82) is 0 Å². The standard InChI is InChI=1S/C23H29FN4O3/c1-14-6-7-18-20(28(14)23(29)30-2)9-8-17(22(18)31-16-4-3-5-16)15-10-26-27(13-15)21-12-25-11-19(21)24/h8-10,13-14,16,19,21,25H,3-7,11-12H2,1-2H3. The van der Waals surface area contributed by atoms with E-state index in [1.807, 2.05) is 25.3 Å². The fourth-order valence-corrected chi connectivity index (χ4v) is 4.75. The van der Waals surface area contributed by atoms with Crippen LogP contribution >= 0.6 is 0 Å². The minimum absolute atomic E-state index is 0.0569. The first-order valence-electron chi connectivity index (χ1n) is 11.2. The zero-order valence-electron chi connectivity index (χ0n) is 18.0. The molecule has 1 amide bonds. The fourth-order valence-electron chi connectivity index (χ4n) is 4.75. The summed E-state index contributed by atoms with van der Waals surface area (Å²) in [7, 11) is 1.41. The quantitative estimate of drug-likeness (QED) is 0.801. The first-order chi connectivity index (χ1) is 15.1. The molecule has 0 radical (unpaired) electrons. The summed E-state index contributed by atoms with van der Waals surface area (Å²) in [6, 6.07) is 3.72. The van der Waals surface area contributed by atoms with E-state index in [1.165, 1.54) is 13.5 Å². The second-order valence-electron chi connectivity index (χ2n) is 8.79. The third-order valence-electron chi connectivity index (χ3n) is 6.82. The first-order valence-corrected chi connectivity index (χ1v) is 11.2. The lowest BCUT2D eigenvalue weighted by Crippen LogP contribution is -2.42. The molecule has 31 heavy (non-hydrogen) atoms. The van der Waals surface area contributed by atoms with E-state index < -0.39 is 6.17 Å². The zero-order chi connectivity index (χ0) is 21.5. The van der Waals surface area contributed by atoms with Crippen LogP contribution in [0.2, 0.25) is 0 Å². The smallest absolute Gasteiger partial charge is 0.414 e. The van der Waals surface area contributed by atoms with E-state index in [0.29, 0.717) is 13.1 Å². The Balaban J connectivity index is 1.56. The van der Waals surface area contributed by atoms with Crippen LogP contribution in [0.3, 0.4) is 0 Å². The van der Waals surface area contributed by atoms with Crippen molar-refractivity contribution in [2.24, 2.45) is 0 Å². The number of hydrogen-bond acceptors (Lipinski definition) is 5. The summed E-state index contributed by atoms with van der Waals surface area (Å²) in [6.45, 7) is 2.97. The van der Waals surface area contributed by atoms with Crippen LogP contribution in [0.15, 0.2) is 24.5 Å². The molecule has 3 heterocycles. The average Bonchev–Trinajstić information content (AvgIpc) is 3.38. The number of nitrogens with one attached hydrogen (secondary N) is 1. The van der Waals surface area contributed by atoms with Crippen molar-refractivity contribution in [2.75, 3.05) is 25.1 Å². The Labute approximate surface area is 181 Å². The summed E-state index contributed by atoms with van der Waals surface area (Å²) in [5.41, 5.74) is 3.73. The minimum atomic E-state index is -0.947. The molecule has 0 spiro atoms. The molecule has 1 N–H and O–H groups in total. The van der Waals surface area contributed by atoms with Gasteiger partial charge in [-0.3, -0.25) is 9.58 Å². The van der Waals surface area contributed by atoms with Crippen molar-refractivity contribution in [3.05, 3.63) is 30.1 Å². The van der Waals surface area contributed by atoms with Crippen LogP contribution in [0.1, 0.15) is 44.2 Å². The normalized spacial score (nSPS) is 25.8. The molecule has 2 fully saturated rings. The monoisotopic (exact) mass is 428 g/mol. The van der Waals surface area contributed by atoms with Gasteiger partial charge in [-0.05, 0) is 51.2 Å². The Morgan fingerprint density at radius 2 is 2.10 bits per heavy atom. The molecule has 2 aliphatic heterocycles. The minimum Gasteiger partial charge on any atom is -0.489 e. The molecule has 0 bridgehead atoms. The van der Waals surface area contributed by atoms with Crippen molar-refractivity contribution < 1.29 is 18.7 Å². The van der Waals surface area contributed by atoms with Gasteiger partial charge < -0.3 is 14.8 Å². The van der Waals surface area contributed by atoms with E-state index in [0.717, 1.165) is 53.8 Å². The highest BCUT2D eigenvalue weighted by molar-refractivity contribution is 5.92. The van der Waals surface area contributed by atoms with Gasteiger partial charge in [-0.1, -0.05) is 0 Å². The third-order valence-corrected chi connectivity index (χ3v) is 6.82. The maximum atomic E-state index is 14.2. The molecular formula is C23H29FN4O3. The molecule has 166 valence electrons. The zero-order valence-corrected chi connectivity index (χ0v) is 18.0. The van der Waals surface area contributed by atoms with Crippen LogP contribution in [0.4, 0.5) is 14.9 Å². The number of amides is 1. The highest BCUT2D eigenvalue weighted by atomic mass is 19.1. The van der Waals surface area contributed by atoms with Gasteiger partial charge in [0.1, 0.15) is 11.9 Å². The van der Waals surface area contributed by atoms with Crippen LogP contribution in [0.5, 0.6) is 5.75 Å². The van der Waals surface area contributed by atoms with Gasteiger partial charge >= 0.3 is 6.09 Å². The van der Waals surface area contributed by atoms with Gasteiger partial charge in [0.2, 0.25) is 0 Å². The Morgan fingerprint density at radius 3 is 2.77 bits per heavy atom. The van der Waals surface area contributed by atoms with E-state index in [4.69, 9.17) is 9.47 Å². The highest BCUT2D eigenvalue weighted by Crippen LogP contribution is 2.44. The number of carbonyl (C=O) groups is 1. The SMILES string of the molecule is COC(=O)N1c2ccc(-c3cnn(C4CNCC4F)c3)c(OC3CCC3)c2CCC1C. The molecule has 1 aromatic heterocycles. The number of anilines is 1. The molecule has 3 unspecified atom stereocenters. The Bertz CT molecular complexity index is 974. The van der Waals surface area contributed by atoms with Gasteiger partial charge in [0, 0.05) is 42.0 Å². The van der Waals surface area contributed by atoms with Gasteiger partial charge in [-0.25, -0.2) is 9.18 Å². The molecule has 1 aliphatic carbocycles. The number of ether oxygens (including phenoxy) is 2. The topological polar surface area (TPSA) is 68.6 Å². The second kappa shape index (κ2) is 8.15. The number of hydrogen-bond donors (Lipinski definition) is 1. The number of alkyl halides is 1. The lowest BCUT2D eigenvalue weighted by atomic mass is 9.91. The number of fused-ring (bicyclic) bond motifs is 1.